The van der Waals surface area contributed by atoms with E-state index < -0.39 is 0 Å². The minimum absolute atomic E-state index is 0.107. The average molecular weight is 336 g/mol. The lowest BCUT2D eigenvalue weighted by molar-refractivity contribution is -0.128. The molecule has 0 unspecified atom stereocenters. The Balaban J connectivity index is 1.68. The van der Waals surface area contributed by atoms with E-state index in [4.69, 9.17) is 5.73 Å². The second-order valence-corrected chi connectivity index (χ2v) is 6.25. The smallest absolute Gasteiger partial charge is 0.223 e. The van der Waals surface area contributed by atoms with Crippen LogP contribution in [-0.4, -0.2) is 29.7 Å². The van der Waals surface area contributed by atoms with Gasteiger partial charge in [0.2, 0.25) is 5.91 Å². The summed E-state index contributed by atoms with van der Waals surface area (Å²) >= 11 is 0. The van der Waals surface area contributed by atoms with Gasteiger partial charge in [0, 0.05) is 25.7 Å². The number of benzene rings is 2. The number of likely N-dealkylation sites (tertiary alicyclic amines) is 1. The first-order valence-electron chi connectivity index (χ1n) is 8.57. The monoisotopic (exact) mass is 336 g/mol. The van der Waals surface area contributed by atoms with Gasteiger partial charge in [0.25, 0.3) is 0 Å². The van der Waals surface area contributed by atoms with Crippen molar-refractivity contribution < 1.29 is 4.79 Å². The minimum Gasteiger partial charge on any atom is -0.388 e. The summed E-state index contributed by atoms with van der Waals surface area (Å²) in [6.07, 6.45) is 1.27. The van der Waals surface area contributed by atoms with Crippen LogP contribution in [0.4, 0.5) is 5.69 Å². The van der Waals surface area contributed by atoms with Crippen molar-refractivity contribution in [3.05, 3.63) is 65.7 Å². The van der Waals surface area contributed by atoms with Gasteiger partial charge in [-0.25, -0.2) is 0 Å². The first-order valence-corrected chi connectivity index (χ1v) is 8.57. The van der Waals surface area contributed by atoms with Crippen LogP contribution in [0.2, 0.25) is 0 Å². The summed E-state index contributed by atoms with van der Waals surface area (Å²) in [5, 5.41) is 3.09. The lowest BCUT2D eigenvalue weighted by atomic mass is 10.1. The van der Waals surface area contributed by atoms with E-state index in [2.05, 4.69) is 10.3 Å². The van der Waals surface area contributed by atoms with Gasteiger partial charge < -0.3 is 16.0 Å². The second kappa shape index (κ2) is 7.83. The fourth-order valence-corrected chi connectivity index (χ4v) is 3.08. The maximum atomic E-state index is 12.2. The van der Waals surface area contributed by atoms with Crippen molar-refractivity contribution in [2.45, 2.75) is 32.0 Å². The third kappa shape index (κ3) is 4.18. The summed E-state index contributed by atoms with van der Waals surface area (Å²) in [6.45, 7) is 1.11. The summed E-state index contributed by atoms with van der Waals surface area (Å²) in [7, 11) is 1.89. The van der Waals surface area contributed by atoms with Crippen molar-refractivity contribution in [2.24, 2.45) is 10.7 Å². The second-order valence-electron chi connectivity index (χ2n) is 6.25. The van der Waals surface area contributed by atoms with E-state index in [-0.39, 0.29) is 11.9 Å². The number of nitrogens with zero attached hydrogens (tertiary/aromatic N) is 2. The maximum Gasteiger partial charge on any atom is 0.223 e. The SMILES string of the molecule is CNc1ccc(CN=C(N)[C@@H]2CCC(=O)N2Cc2ccccc2)cc1. The number of hydrogen-bond donors (Lipinski definition) is 2. The third-order valence-electron chi connectivity index (χ3n) is 4.55. The first-order chi connectivity index (χ1) is 12.2. The van der Waals surface area contributed by atoms with Gasteiger partial charge in [0.05, 0.1) is 12.6 Å². The van der Waals surface area contributed by atoms with E-state index in [9.17, 15) is 4.79 Å². The van der Waals surface area contributed by atoms with Crippen LogP contribution in [0.15, 0.2) is 59.6 Å². The van der Waals surface area contributed by atoms with Crippen LogP contribution in [-0.2, 0) is 17.9 Å². The summed E-state index contributed by atoms with van der Waals surface area (Å²) < 4.78 is 0. The standard InChI is InChI=1S/C20H24N4O/c1-22-17-9-7-15(8-10-17)13-23-20(21)18-11-12-19(25)24(18)14-16-5-3-2-4-6-16/h2-10,18,22H,11-14H2,1H3,(H2,21,23)/t18-/m0/s1. The molecule has 1 heterocycles. The maximum absolute atomic E-state index is 12.2. The van der Waals surface area contributed by atoms with Crippen LogP contribution in [0.3, 0.4) is 0 Å². The fourth-order valence-electron chi connectivity index (χ4n) is 3.08. The van der Waals surface area contributed by atoms with Gasteiger partial charge in [0.15, 0.2) is 0 Å². The first kappa shape index (κ1) is 17.0. The van der Waals surface area contributed by atoms with Crippen molar-refractivity contribution in [3.63, 3.8) is 0 Å². The molecule has 3 N–H and O–H groups in total. The van der Waals surface area contributed by atoms with Gasteiger partial charge in [-0.1, -0.05) is 42.5 Å². The topological polar surface area (TPSA) is 70.7 Å². The fraction of sp³-hybridized carbons (Fsp3) is 0.300. The Morgan fingerprint density at radius 2 is 1.88 bits per heavy atom. The molecule has 2 aromatic rings. The third-order valence-corrected chi connectivity index (χ3v) is 4.55. The number of amides is 1. The summed E-state index contributed by atoms with van der Waals surface area (Å²) in [6, 6.07) is 18.0. The van der Waals surface area contributed by atoms with Crippen molar-refractivity contribution in [2.75, 3.05) is 12.4 Å². The van der Waals surface area contributed by atoms with Crippen LogP contribution in [0.1, 0.15) is 24.0 Å². The Bertz CT molecular complexity index is 740. The van der Waals surface area contributed by atoms with Crippen LogP contribution in [0.5, 0.6) is 0 Å². The summed E-state index contributed by atoms with van der Waals surface area (Å²) in [5.41, 5.74) is 9.51. The summed E-state index contributed by atoms with van der Waals surface area (Å²) in [4.78, 5) is 18.6. The predicted octanol–water partition coefficient (Wildman–Crippen LogP) is 2.78. The van der Waals surface area contributed by atoms with E-state index in [0.29, 0.717) is 25.3 Å². The van der Waals surface area contributed by atoms with Gasteiger partial charge in [-0.15, -0.1) is 0 Å². The van der Waals surface area contributed by atoms with Crippen molar-refractivity contribution in [1.29, 1.82) is 0 Å². The molecule has 2 aromatic carbocycles. The molecule has 1 aliphatic heterocycles. The lowest BCUT2D eigenvalue weighted by Crippen LogP contribution is -2.42. The van der Waals surface area contributed by atoms with Crippen LogP contribution in [0, 0.1) is 0 Å². The molecule has 1 fully saturated rings. The number of amidine groups is 1. The zero-order valence-corrected chi connectivity index (χ0v) is 14.5. The zero-order chi connectivity index (χ0) is 17.6. The molecule has 5 heteroatoms. The van der Waals surface area contributed by atoms with Crippen molar-refractivity contribution in [1.82, 2.24) is 4.90 Å². The molecule has 1 saturated heterocycles. The average Bonchev–Trinajstić information content (AvgIpc) is 3.01. The van der Waals surface area contributed by atoms with E-state index >= 15 is 0 Å². The van der Waals surface area contributed by atoms with Crippen LogP contribution >= 0.6 is 0 Å². The molecule has 0 aliphatic carbocycles. The van der Waals surface area contributed by atoms with Crippen LogP contribution < -0.4 is 11.1 Å². The predicted molar refractivity (Wildman–Crippen MR) is 101 cm³/mol. The molecule has 1 aliphatic rings. The van der Waals surface area contributed by atoms with Crippen molar-refractivity contribution >= 4 is 17.4 Å². The van der Waals surface area contributed by atoms with Crippen molar-refractivity contribution in [3.8, 4) is 0 Å². The highest BCUT2D eigenvalue weighted by Crippen LogP contribution is 2.22. The Morgan fingerprint density at radius 1 is 1.16 bits per heavy atom. The van der Waals surface area contributed by atoms with E-state index in [1.165, 1.54) is 0 Å². The highest BCUT2D eigenvalue weighted by atomic mass is 16.2. The molecule has 0 aromatic heterocycles. The minimum atomic E-state index is -0.107. The van der Waals surface area contributed by atoms with Gasteiger partial charge in [-0.05, 0) is 29.7 Å². The Hall–Kier alpha value is -2.82. The number of aliphatic imine (C=N–C) groups is 1. The molecule has 130 valence electrons. The molecule has 3 rings (SSSR count). The number of carbonyl (C=O) groups excluding carboxylic acids is 1. The molecule has 0 bridgehead atoms. The van der Waals surface area contributed by atoms with Gasteiger partial charge in [-0.2, -0.15) is 0 Å². The van der Waals surface area contributed by atoms with E-state index in [0.717, 1.165) is 23.2 Å². The highest BCUT2D eigenvalue weighted by Gasteiger charge is 2.33. The molecular weight excluding hydrogens is 312 g/mol. The molecule has 1 amide bonds. The number of anilines is 1. The number of rotatable bonds is 6. The number of hydrogen-bond acceptors (Lipinski definition) is 3. The summed E-state index contributed by atoms with van der Waals surface area (Å²) in [5.74, 6) is 0.685. The highest BCUT2D eigenvalue weighted by molar-refractivity contribution is 5.93. The molecule has 0 saturated carbocycles. The normalized spacial score (nSPS) is 17.8. The number of nitrogens with one attached hydrogen (secondary N) is 1. The Kier molecular flexibility index (Phi) is 5.33. The Labute approximate surface area is 148 Å². The number of carbonyl (C=O) groups is 1. The van der Waals surface area contributed by atoms with Gasteiger partial charge in [-0.3, -0.25) is 9.79 Å². The molecular formula is C20H24N4O. The van der Waals surface area contributed by atoms with E-state index in [1.54, 1.807) is 0 Å². The largest absolute Gasteiger partial charge is 0.388 e. The molecule has 0 radical (unpaired) electrons. The quantitative estimate of drug-likeness (QED) is 0.629. The van der Waals surface area contributed by atoms with Crippen LogP contribution in [0.25, 0.3) is 0 Å². The number of nitrogens with two attached hydrogens (primary N) is 1. The van der Waals surface area contributed by atoms with Gasteiger partial charge in [0.1, 0.15) is 5.84 Å². The van der Waals surface area contributed by atoms with E-state index in [1.807, 2.05) is 66.5 Å². The molecule has 5 nitrogen and oxygen atoms in total. The zero-order valence-electron chi connectivity index (χ0n) is 14.5. The van der Waals surface area contributed by atoms with Gasteiger partial charge >= 0.3 is 0 Å². The lowest BCUT2D eigenvalue weighted by Gasteiger charge is -2.24. The molecule has 25 heavy (non-hydrogen) atoms. The molecule has 0 spiro atoms. The molecule has 1 atom stereocenters. The Morgan fingerprint density at radius 3 is 2.56 bits per heavy atom.